The van der Waals surface area contributed by atoms with E-state index in [1.54, 1.807) is 11.6 Å². The van der Waals surface area contributed by atoms with Crippen molar-refractivity contribution in [1.29, 1.82) is 0 Å². The number of carbonyl (C=O) groups excluding carboxylic acids is 1. The van der Waals surface area contributed by atoms with Crippen LogP contribution in [-0.2, 0) is 19.6 Å². The van der Waals surface area contributed by atoms with Crippen molar-refractivity contribution in [2.75, 3.05) is 0 Å². The SMILES string of the molecule is O=C(NCc1ccccn1)c1csc(Cc2cc(Cl)ccc2OCc2ccccc2)n1. The molecule has 0 saturated heterocycles. The van der Waals surface area contributed by atoms with Gasteiger partial charge < -0.3 is 10.1 Å². The number of pyridine rings is 1. The second kappa shape index (κ2) is 10.2. The molecule has 1 N–H and O–H groups in total. The van der Waals surface area contributed by atoms with E-state index in [-0.39, 0.29) is 5.91 Å². The Kier molecular flexibility index (Phi) is 6.92. The van der Waals surface area contributed by atoms with Gasteiger partial charge in [-0.2, -0.15) is 0 Å². The average molecular weight is 450 g/mol. The molecule has 156 valence electrons. The fourth-order valence-corrected chi connectivity index (χ4v) is 3.98. The molecular weight excluding hydrogens is 430 g/mol. The number of carbonyl (C=O) groups is 1. The molecule has 4 aromatic rings. The highest BCUT2D eigenvalue weighted by Crippen LogP contribution is 2.27. The van der Waals surface area contributed by atoms with E-state index in [2.05, 4.69) is 15.3 Å². The second-order valence-electron chi connectivity index (χ2n) is 6.83. The van der Waals surface area contributed by atoms with Crippen LogP contribution in [0.5, 0.6) is 5.75 Å². The molecule has 31 heavy (non-hydrogen) atoms. The highest BCUT2D eigenvalue weighted by atomic mass is 35.5. The topological polar surface area (TPSA) is 64.1 Å². The monoisotopic (exact) mass is 449 g/mol. The predicted molar refractivity (Wildman–Crippen MR) is 123 cm³/mol. The van der Waals surface area contributed by atoms with E-state index >= 15 is 0 Å². The van der Waals surface area contributed by atoms with Crippen molar-refractivity contribution in [2.24, 2.45) is 0 Å². The van der Waals surface area contributed by atoms with Crippen molar-refractivity contribution >= 4 is 28.8 Å². The molecule has 0 bridgehead atoms. The summed E-state index contributed by atoms with van der Waals surface area (Å²) in [4.78, 5) is 21.1. The standard InChI is InChI=1S/C24H20ClN3O2S/c25-19-9-10-22(30-15-17-6-2-1-3-7-17)18(12-19)13-23-28-21(16-31-23)24(29)27-14-20-8-4-5-11-26-20/h1-12,16H,13-15H2,(H,27,29). The zero-order valence-electron chi connectivity index (χ0n) is 16.6. The second-order valence-corrected chi connectivity index (χ2v) is 8.21. The molecule has 7 heteroatoms. The van der Waals surface area contributed by atoms with E-state index in [9.17, 15) is 4.79 Å². The zero-order chi connectivity index (χ0) is 21.5. The van der Waals surface area contributed by atoms with Crippen LogP contribution < -0.4 is 10.1 Å². The van der Waals surface area contributed by atoms with E-state index in [4.69, 9.17) is 16.3 Å². The molecule has 0 radical (unpaired) electrons. The lowest BCUT2D eigenvalue weighted by Crippen LogP contribution is -2.23. The lowest BCUT2D eigenvalue weighted by Gasteiger charge is -2.11. The summed E-state index contributed by atoms with van der Waals surface area (Å²) < 4.78 is 6.02. The molecule has 0 aliphatic rings. The number of benzene rings is 2. The first kappa shape index (κ1) is 21.0. The molecule has 0 aliphatic heterocycles. The molecule has 2 aromatic carbocycles. The van der Waals surface area contributed by atoms with Crippen molar-refractivity contribution in [3.05, 3.63) is 111 Å². The van der Waals surface area contributed by atoms with Gasteiger partial charge in [0.25, 0.3) is 5.91 Å². The van der Waals surface area contributed by atoms with Gasteiger partial charge in [-0.1, -0.05) is 48.0 Å². The van der Waals surface area contributed by atoms with E-state index in [0.717, 1.165) is 27.6 Å². The molecule has 5 nitrogen and oxygen atoms in total. The molecule has 2 heterocycles. The van der Waals surface area contributed by atoms with Gasteiger partial charge in [0.2, 0.25) is 0 Å². The molecule has 0 saturated carbocycles. The summed E-state index contributed by atoms with van der Waals surface area (Å²) in [5.41, 5.74) is 3.21. The Bertz CT molecular complexity index is 1150. The summed E-state index contributed by atoms with van der Waals surface area (Å²) in [6.07, 6.45) is 2.23. The number of nitrogens with one attached hydrogen (secondary N) is 1. The fraction of sp³-hybridized carbons (Fsp3) is 0.125. The Labute approximate surface area is 189 Å². The molecule has 2 aromatic heterocycles. The number of rotatable bonds is 8. The number of hydrogen-bond donors (Lipinski definition) is 1. The molecule has 0 atom stereocenters. The molecule has 1 amide bonds. The molecule has 4 rings (SSSR count). The minimum absolute atomic E-state index is 0.222. The number of nitrogens with zero attached hydrogens (tertiary/aromatic N) is 2. The Balaban J connectivity index is 1.41. The van der Waals surface area contributed by atoms with Gasteiger partial charge in [0.05, 0.1) is 17.2 Å². The number of amides is 1. The highest BCUT2D eigenvalue weighted by molar-refractivity contribution is 7.09. The normalized spacial score (nSPS) is 10.6. The lowest BCUT2D eigenvalue weighted by atomic mass is 10.1. The van der Waals surface area contributed by atoms with Gasteiger partial charge >= 0.3 is 0 Å². The molecule has 0 spiro atoms. The van der Waals surface area contributed by atoms with Crippen molar-refractivity contribution in [1.82, 2.24) is 15.3 Å². The van der Waals surface area contributed by atoms with Crippen molar-refractivity contribution in [3.8, 4) is 5.75 Å². The number of halogens is 1. The summed E-state index contributed by atoms with van der Waals surface area (Å²) in [6, 6.07) is 21.1. The Morgan fingerprint density at radius 3 is 2.71 bits per heavy atom. The van der Waals surface area contributed by atoms with Gasteiger partial charge in [-0.3, -0.25) is 9.78 Å². The van der Waals surface area contributed by atoms with Gasteiger partial charge in [-0.25, -0.2) is 4.98 Å². The maximum absolute atomic E-state index is 12.4. The smallest absolute Gasteiger partial charge is 0.271 e. The molecular formula is C24H20ClN3O2S. The minimum atomic E-state index is -0.222. The first-order chi connectivity index (χ1) is 15.2. The van der Waals surface area contributed by atoms with Gasteiger partial charge in [0.1, 0.15) is 18.1 Å². The van der Waals surface area contributed by atoms with E-state index < -0.39 is 0 Å². The van der Waals surface area contributed by atoms with E-state index in [1.165, 1.54) is 11.3 Å². The first-order valence-corrected chi connectivity index (χ1v) is 11.0. The first-order valence-electron chi connectivity index (χ1n) is 9.75. The molecule has 0 aliphatic carbocycles. The summed E-state index contributed by atoms with van der Waals surface area (Å²) in [7, 11) is 0. The zero-order valence-corrected chi connectivity index (χ0v) is 18.2. The Hall–Kier alpha value is -3.22. The third-order valence-electron chi connectivity index (χ3n) is 4.54. The maximum atomic E-state index is 12.4. The van der Waals surface area contributed by atoms with Crippen LogP contribution >= 0.6 is 22.9 Å². The van der Waals surface area contributed by atoms with Crippen LogP contribution in [0.15, 0.2) is 78.3 Å². The third-order valence-corrected chi connectivity index (χ3v) is 5.63. The van der Waals surface area contributed by atoms with Crippen LogP contribution in [0.1, 0.15) is 32.3 Å². The Morgan fingerprint density at radius 1 is 1.06 bits per heavy atom. The van der Waals surface area contributed by atoms with Crippen LogP contribution in [0.25, 0.3) is 0 Å². The number of aromatic nitrogens is 2. The highest BCUT2D eigenvalue weighted by Gasteiger charge is 2.13. The average Bonchev–Trinajstić information content (AvgIpc) is 3.27. The van der Waals surface area contributed by atoms with Crippen molar-refractivity contribution in [2.45, 2.75) is 19.6 Å². The van der Waals surface area contributed by atoms with Gasteiger partial charge in [-0.15, -0.1) is 11.3 Å². The van der Waals surface area contributed by atoms with E-state index in [1.807, 2.05) is 66.7 Å². The quantitative estimate of drug-likeness (QED) is 0.397. The Morgan fingerprint density at radius 2 is 1.90 bits per heavy atom. The summed E-state index contributed by atoms with van der Waals surface area (Å²) >= 11 is 7.65. The van der Waals surface area contributed by atoms with Crippen LogP contribution in [-0.4, -0.2) is 15.9 Å². The van der Waals surface area contributed by atoms with Crippen LogP contribution in [0.2, 0.25) is 5.02 Å². The fourth-order valence-electron chi connectivity index (χ4n) is 2.99. The number of ether oxygens (including phenoxy) is 1. The maximum Gasteiger partial charge on any atom is 0.271 e. The predicted octanol–water partition coefficient (Wildman–Crippen LogP) is 5.29. The molecule has 0 fully saturated rings. The van der Waals surface area contributed by atoms with Crippen LogP contribution in [0.4, 0.5) is 0 Å². The van der Waals surface area contributed by atoms with Crippen LogP contribution in [0, 0.1) is 0 Å². The van der Waals surface area contributed by atoms with E-state index in [0.29, 0.717) is 30.3 Å². The summed E-state index contributed by atoms with van der Waals surface area (Å²) in [5, 5.41) is 6.06. The van der Waals surface area contributed by atoms with Crippen molar-refractivity contribution in [3.63, 3.8) is 0 Å². The summed E-state index contributed by atoms with van der Waals surface area (Å²) in [6.45, 7) is 0.826. The number of hydrogen-bond acceptors (Lipinski definition) is 5. The lowest BCUT2D eigenvalue weighted by molar-refractivity contribution is 0.0946. The number of thiazole rings is 1. The van der Waals surface area contributed by atoms with Gasteiger partial charge in [0.15, 0.2) is 0 Å². The van der Waals surface area contributed by atoms with Crippen molar-refractivity contribution < 1.29 is 9.53 Å². The largest absolute Gasteiger partial charge is 0.489 e. The van der Waals surface area contributed by atoms with Gasteiger partial charge in [0, 0.05) is 28.6 Å². The summed E-state index contributed by atoms with van der Waals surface area (Å²) in [5.74, 6) is 0.532. The molecule has 0 unspecified atom stereocenters. The third kappa shape index (κ3) is 5.90. The minimum Gasteiger partial charge on any atom is -0.489 e. The van der Waals surface area contributed by atoms with Crippen LogP contribution in [0.3, 0.4) is 0 Å². The van der Waals surface area contributed by atoms with Gasteiger partial charge in [-0.05, 0) is 35.9 Å².